The minimum atomic E-state index is -1.03. The molecule has 0 saturated heterocycles. The van der Waals surface area contributed by atoms with Crippen molar-refractivity contribution >= 4 is 24.1 Å². The lowest BCUT2D eigenvalue weighted by Crippen LogP contribution is -2.47. The Labute approximate surface area is 194 Å². The quantitative estimate of drug-likeness (QED) is 0.426. The van der Waals surface area contributed by atoms with E-state index in [1.54, 1.807) is 69.2 Å². The number of ether oxygens (including phenoxy) is 3. The Kier molecular flexibility index (Phi) is 7.02. The van der Waals surface area contributed by atoms with E-state index >= 15 is 0 Å². The van der Waals surface area contributed by atoms with Crippen molar-refractivity contribution in [1.29, 1.82) is 0 Å². The van der Waals surface area contributed by atoms with Gasteiger partial charge in [-0.15, -0.1) is 5.10 Å². The minimum absolute atomic E-state index is 0.179. The van der Waals surface area contributed by atoms with E-state index in [0.29, 0.717) is 16.0 Å². The zero-order valence-corrected chi connectivity index (χ0v) is 21.0. The Morgan fingerprint density at radius 1 is 0.939 bits per heavy atom. The van der Waals surface area contributed by atoms with Gasteiger partial charge < -0.3 is 14.2 Å². The number of carbonyl (C=O) groups excluding carboxylic acids is 3. The fourth-order valence-electron chi connectivity index (χ4n) is 3.02. The maximum atomic E-state index is 14.5. The molecule has 0 aromatic heterocycles. The number of halogens is 1. The van der Waals surface area contributed by atoms with Crippen LogP contribution in [0.3, 0.4) is 0 Å². The number of rotatable bonds is 0. The highest BCUT2D eigenvalue weighted by molar-refractivity contribution is 6.17. The monoisotopic (exact) mass is 467 g/mol. The summed E-state index contributed by atoms with van der Waals surface area (Å²) in [5.74, 6) is -0.615. The molecular formula is C23H34FN3O6. The Hall–Kier alpha value is -2.91. The lowest BCUT2D eigenvalue weighted by atomic mass is 9.93. The van der Waals surface area contributed by atoms with Gasteiger partial charge in [0.2, 0.25) is 0 Å². The van der Waals surface area contributed by atoms with E-state index in [2.05, 4.69) is 5.10 Å². The minimum Gasteiger partial charge on any atom is -0.443 e. The van der Waals surface area contributed by atoms with Crippen LogP contribution in [0.1, 0.15) is 75.7 Å². The van der Waals surface area contributed by atoms with Crippen LogP contribution in [-0.4, -0.2) is 56.9 Å². The molecule has 1 atom stereocenters. The highest BCUT2D eigenvalue weighted by Crippen LogP contribution is 2.36. The first-order valence-electron chi connectivity index (χ1n) is 10.7. The summed E-state index contributed by atoms with van der Waals surface area (Å²) in [7, 11) is 0. The molecule has 1 aliphatic heterocycles. The van der Waals surface area contributed by atoms with E-state index in [1.165, 1.54) is 6.08 Å². The first kappa shape index (κ1) is 26.3. The molecule has 0 spiro atoms. The topological polar surface area (TPSA) is 97.7 Å². The van der Waals surface area contributed by atoms with E-state index < -0.39 is 47.0 Å². The van der Waals surface area contributed by atoms with Crippen LogP contribution in [0.5, 0.6) is 0 Å². The molecule has 0 aromatic carbocycles. The molecule has 1 heterocycles. The van der Waals surface area contributed by atoms with Gasteiger partial charge in [0.05, 0.1) is 6.04 Å². The summed E-state index contributed by atoms with van der Waals surface area (Å²) in [5.41, 5.74) is -2.09. The van der Waals surface area contributed by atoms with Gasteiger partial charge in [0, 0.05) is 12.0 Å². The van der Waals surface area contributed by atoms with Crippen LogP contribution in [0, 0.1) is 0 Å². The molecule has 0 fully saturated rings. The molecule has 0 radical (unpaired) electrons. The normalized spacial score (nSPS) is 18.9. The van der Waals surface area contributed by atoms with Crippen LogP contribution >= 0.6 is 0 Å². The summed E-state index contributed by atoms with van der Waals surface area (Å²) < 4.78 is 30.7. The summed E-state index contributed by atoms with van der Waals surface area (Å²) in [6, 6.07) is -0.897. The molecule has 0 aromatic rings. The number of hydrogen-bond donors (Lipinski definition) is 0. The number of hydrogen-bond acceptors (Lipinski definition) is 7. The lowest BCUT2D eigenvalue weighted by molar-refractivity contribution is 0.0133. The molecule has 33 heavy (non-hydrogen) atoms. The maximum absolute atomic E-state index is 14.5. The zero-order valence-electron chi connectivity index (χ0n) is 21.0. The second-order valence-corrected chi connectivity index (χ2v) is 11.0. The third kappa shape index (κ3) is 6.79. The predicted molar refractivity (Wildman–Crippen MR) is 120 cm³/mol. The largest absolute Gasteiger partial charge is 0.443 e. The molecule has 0 saturated carbocycles. The summed E-state index contributed by atoms with van der Waals surface area (Å²) in [6.45, 7) is 16.5. The van der Waals surface area contributed by atoms with Gasteiger partial charge in [0.25, 0.3) is 0 Å². The van der Waals surface area contributed by atoms with Crippen molar-refractivity contribution in [2.45, 2.75) is 98.5 Å². The number of fused-ring (bicyclic) bond motifs is 1. The van der Waals surface area contributed by atoms with Crippen LogP contribution in [0.2, 0.25) is 0 Å². The van der Waals surface area contributed by atoms with E-state index in [1.807, 2.05) is 0 Å². The third-order valence-corrected chi connectivity index (χ3v) is 4.23. The number of hydrazone groups is 1. The van der Waals surface area contributed by atoms with Crippen LogP contribution < -0.4 is 0 Å². The zero-order chi connectivity index (χ0) is 25.5. The van der Waals surface area contributed by atoms with Crippen molar-refractivity contribution in [3.63, 3.8) is 0 Å². The van der Waals surface area contributed by atoms with Crippen molar-refractivity contribution < 1.29 is 33.0 Å². The van der Waals surface area contributed by atoms with E-state index in [9.17, 15) is 18.8 Å². The maximum Gasteiger partial charge on any atom is 0.431 e. The lowest BCUT2D eigenvalue weighted by Gasteiger charge is -2.29. The van der Waals surface area contributed by atoms with E-state index in [-0.39, 0.29) is 12.3 Å². The second-order valence-electron chi connectivity index (χ2n) is 11.0. The Bertz CT molecular complexity index is 903. The number of amidine groups is 1. The molecular weight excluding hydrogens is 433 g/mol. The van der Waals surface area contributed by atoms with Gasteiger partial charge in [-0.1, -0.05) is 0 Å². The first-order valence-corrected chi connectivity index (χ1v) is 10.7. The van der Waals surface area contributed by atoms with Crippen molar-refractivity contribution in [3.8, 4) is 0 Å². The number of amides is 3. The average Bonchev–Trinajstić information content (AvgIpc) is 2.89. The predicted octanol–water partition coefficient (Wildman–Crippen LogP) is 5.67. The van der Waals surface area contributed by atoms with Crippen LogP contribution in [-0.2, 0) is 14.2 Å². The van der Waals surface area contributed by atoms with Gasteiger partial charge in [-0.3, -0.25) is 0 Å². The molecule has 10 heteroatoms. The first-order chi connectivity index (χ1) is 14.8. The van der Waals surface area contributed by atoms with Gasteiger partial charge in [0.1, 0.15) is 22.6 Å². The van der Waals surface area contributed by atoms with Crippen LogP contribution in [0.15, 0.2) is 28.2 Å². The van der Waals surface area contributed by atoms with Gasteiger partial charge >= 0.3 is 18.3 Å². The number of nitrogens with zero attached hydrogens (tertiary/aromatic N) is 3. The van der Waals surface area contributed by atoms with E-state index in [0.717, 1.165) is 5.01 Å². The van der Waals surface area contributed by atoms with Crippen molar-refractivity contribution in [2.24, 2.45) is 5.10 Å². The number of imide groups is 1. The number of carbonyl (C=O) groups is 3. The standard InChI is InChI=1S/C23H34FN3O6/c1-13-11-14-16(12-15(13)24)27(20(30)33-23(8,9)10)25-17(14)26(18(28)31-21(2,3)4)19(29)32-22(5,6)7/h11,16H,12H2,1-10H3. The summed E-state index contributed by atoms with van der Waals surface area (Å²) in [4.78, 5) is 39.6. The van der Waals surface area contributed by atoms with Crippen molar-refractivity contribution in [2.75, 3.05) is 0 Å². The third-order valence-electron chi connectivity index (χ3n) is 4.23. The molecule has 184 valence electrons. The summed E-state index contributed by atoms with van der Waals surface area (Å²) in [6.07, 6.45) is -1.63. The van der Waals surface area contributed by atoms with Gasteiger partial charge in [-0.05, 0) is 80.9 Å². The molecule has 1 aliphatic carbocycles. The molecule has 2 rings (SSSR count). The Morgan fingerprint density at radius 3 is 1.82 bits per heavy atom. The molecule has 9 nitrogen and oxygen atoms in total. The Morgan fingerprint density at radius 2 is 1.39 bits per heavy atom. The highest BCUT2D eigenvalue weighted by atomic mass is 19.1. The Balaban J connectivity index is 2.60. The average molecular weight is 468 g/mol. The summed E-state index contributed by atoms with van der Waals surface area (Å²) in [5, 5.41) is 5.17. The van der Waals surface area contributed by atoms with Gasteiger partial charge in [0.15, 0.2) is 5.84 Å². The molecule has 3 amide bonds. The SMILES string of the molecule is CC1=C(F)CC2C(=C1)C(N(C(=O)OC(C)(C)C)C(=O)OC(C)(C)C)=NN2C(=O)OC(C)(C)C. The van der Waals surface area contributed by atoms with Crippen molar-refractivity contribution in [1.82, 2.24) is 9.91 Å². The summed E-state index contributed by atoms with van der Waals surface area (Å²) >= 11 is 0. The van der Waals surface area contributed by atoms with Gasteiger partial charge in [-0.25, -0.2) is 18.8 Å². The van der Waals surface area contributed by atoms with Crippen LogP contribution in [0.25, 0.3) is 0 Å². The second kappa shape index (κ2) is 8.79. The van der Waals surface area contributed by atoms with Crippen molar-refractivity contribution in [3.05, 3.63) is 23.0 Å². The van der Waals surface area contributed by atoms with E-state index in [4.69, 9.17) is 14.2 Å². The fraction of sp³-hybridized carbons (Fsp3) is 0.652. The molecule has 0 N–H and O–H groups in total. The van der Waals surface area contributed by atoms with Gasteiger partial charge in [-0.2, -0.15) is 9.91 Å². The fourth-order valence-corrected chi connectivity index (χ4v) is 3.02. The molecule has 2 aliphatic rings. The van der Waals surface area contributed by atoms with Crippen LogP contribution in [0.4, 0.5) is 18.8 Å². The highest BCUT2D eigenvalue weighted by Gasteiger charge is 2.47. The molecule has 0 bridgehead atoms. The number of allylic oxidation sites excluding steroid dienone is 2. The smallest absolute Gasteiger partial charge is 0.431 e. The molecule has 1 unspecified atom stereocenters.